The zero-order chi connectivity index (χ0) is 18.6. The van der Waals surface area contributed by atoms with E-state index >= 15 is 0 Å². The summed E-state index contributed by atoms with van der Waals surface area (Å²) in [7, 11) is 0. The molecule has 25 heavy (non-hydrogen) atoms. The van der Waals surface area contributed by atoms with Crippen LogP contribution in [-0.4, -0.2) is 24.5 Å². The van der Waals surface area contributed by atoms with Crippen molar-refractivity contribution in [1.29, 1.82) is 0 Å². The molecule has 0 aromatic heterocycles. The molecule has 0 spiro atoms. The van der Waals surface area contributed by atoms with Gasteiger partial charge in [-0.25, -0.2) is 4.79 Å². The summed E-state index contributed by atoms with van der Waals surface area (Å²) in [6.45, 7) is 1.07. The summed E-state index contributed by atoms with van der Waals surface area (Å²) in [5.41, 5.74) is 0.442. The van der Waals surface area contributed by atoms with E-state index < -0.39 is 18.7 Å². The zero-order valence-electron chi connectivity index (χ0n) is 12.9. The number of carbonyl (C=O) groups is 2. The molecule has 0 aliphatic carbocycles. The second-order valence-electron chi connectivity index (χ2n) is 4.99. The first-order valence-corrected chi connectivity index (χ1v) is 8.97. The Labute approximate surface area is 168 Å². The first kappa shape index (κ1) is 20.0. The zero-order valence-corrected chi connectivity index (χ0v) is 16.7. The first-order chi connectivity index (χ1) is 11.8. The van der Waals surface area contributed by atoms with E-state index in [0.29, 0.717) is 5.56 Å². The number of Topliss-reactive ketones (excluding diaryl/α,β-unsaturated/α-hetero) is 1. The van der Waals surface area contributed by atoms with Crippen LogP contribution >= 0.6 is 50.7 Å². The molecule has 0 heterocycles. The van der Waals surface area contributed by atoms with E-state index in [2.05, 4.69) is 15.9 Å². The quantitative estimate of drug-likeness (QED) is 0.316. The highest BCUT2D eigenvalue weighted by molar-refractivity contribution is 9.10. The molecule has 0 aliphatic heterocycles. The third-order valence-corrected chi connectivity index (χ3v) is 4.67. The first-order valence-electron chi connectivity index (χ1n) is 7.04. The fraction of sp³-hybridized carbons (Fsp3) is 0.176. The SMILES string of the molecule is CC(OC(=O)COc1cc(Cl)c(Cl)cc1Cl)C(=O)c1ccc(Br)cc1. The Balaban J connectivity index is 1.92. The van der Waals surface area contributed by atoms with E-state index in [9.17, 15) is 9.59 Å². The van der Waals surface area contributed by atoms with Crippen molar-refractivity contribution in [2.24, 2.45) is 0 Å². The summed E-state index contributed by atoms with van der Waals surface area (Å²) >= 11 is 20.9. The molecule has 2 aromatic carbocycles. The van der Waals surface area contributed by atoms with Crippen LogP contribution < -0.4 is 4.74 Å². The van der Waals surface area contributed by atoms with Gasteiger partial charge in [0.1, 0.15) is 5.75 Å². The molecule has 0 amide bonds. The minimum absolute atomic E-state index is 0.194. The minimum Gasteiger partial charge on any atom is -0.480 e. The van der Waals surface area contributed by atoms with Crippen LogP contribution in [-0.2, 0) is 9.53 Å². The largest absolute Gasteiger partial charge is 0.480 e. The van der Waals surface area contributed by atoms with E-state index in [4.69, 9.17) is 44.3 Å². The minimum atomic E-state index is -0.943. The smallest absolute Gasteiger partial charge is 0.344 e. The van der Waals surface area contributed by atoms with Crippen molar-refractivity contribution in [1.82, 2.24) is 0 Å². The van der Waals surface area contributed by atoms with Crippen molar-refractivity contribution >= 4 is 62.5 Å². The topological polar surface area (TPSA) is 52.6 Å². The van der Waals surface area contributed by atoms with Crippen molar-refractivity contribution in [3.05, 3.63) is 61.5 Å². The second kappa shape index (κ2) is 8.90. The molecule has 0 radical (unpaired) electrons. The maximum Gasteiger partial charge on any atom is 0.344 e. The third-order valence-electron chi connectivity index (χ3n) is 3.13. The molecule has 0 N–H and O–H groups in total. The Morgan fingerprint density at radius 1 is 1.04 bits per heavy atom. The van der Waals surface area contributed by atoms with E-state index in [-0.39, 0.29) is 26.6 Å². The fourth-order valence-electron chi connectivity index (χ4n) is 1.89. The van der Waals surface area contributed by atoms with E-state index in [0.717, 1.165) is 4.47 Å². The molecule has 0 saturated carbocycles. The summed E-state index contributed by atoms with van der Waals surface area (Å²) in [5.74, 6) is -0.826. The Morgan fingerprint density at radius 3 is 2.28 bits per heavy atom. The number of halogens is 4. The van der Waals surface area contributed by atoms with Gasteiger partial charge in [-0.05, 0) is 25.1 Å². The highest BCUT2D eigenvalue weighted by Crippen LogP contribution is 2.33. The summed E-state index contributed by atoms with van der Waals surface area (Å²) in [6, 6.07) is 9.56. The Kier molecular flexibility index (Phi) is 7.14. The van der Waals surface area contributed by atoms with Crippen LogP contribution in [0.5, 0.6) is 5.75 Å². The fourth-order valence-corrected chi connectivity index (χ4v) is 2.74. The van der Waals surface area contributed by atoms with Crippen LogP contribution in [0.4, 0.5) is 0 Å². The maximum atomic E-state index is 12.2. The predicted molar refractivity (Wildman–Crippen MR) is 101 cm³/mol. The lowest BCUT2D eigenvalue weighted by molar-refractivity contribution is -0.148. The monoisotopic (exact) mass is 464 g/mol. The average molecular weight is 467 g/mol. The van der Waals surface area contributed by atoms with Crippen molar-refractivity contribution in [3.8, 4) is 5.75 Å². The number of ether oxygens (including phenoxy) is 2. The van der Waals surface area contributed by atoms with Crippen molar-refractivity contribution < 1.29 is 19.1 Å². The number of ketones is 1. The lowest BCUT2D eigenvalue weighted by Crippen LogP contribution is -2.27. The Hall–Kier alpha value is -1.27. The number of esters is 1. The molecular weight excluding hydrogens is 454 g/mol. The summed E-state index contributed by atoms with van der Waals surface area (Å²) < 4.78 is 11.2. The molecule has 1 atom stereocenters. The van der Waals surface area contributed by atoms with Gasteiger partial charge in [0, 0.05) is 16.1 Å². The molecule has 8 heteroatoms. The molecule has 0 saturated heterocycles. The molecule has 2 aromatic rings. The molecule has 0 fully saturated rings. The Bertz CT molecular complexity index is 793. The van der Waals surface area contributed by atoms with Gasteiger partial charge in [-0.2, -0.15) is 0 Å². The standard InChI is InChI=1S/C17H12BrCl3O4/c1-9(17(23)10-2-4-11(18)5-3-10)25-16(22)8-24-15-7-13(20)12(19)6-14(15)21/h2-7,9H,8H2,1H3. The maximum absolute atomic E-state index is 12.2. The third kappa shape index (κ3) is 5.61. The van der Waals surface area contributed by atoms with Crippen LogP contribution in [0.15, 0.2) is 40.9 Å². The summed E-state index contributed by atoms with van der Waals surface area (Å²) in [5, 5.41) is 0.727. The van der Waals surface area contributed by atoms with Gasteiger partial charge in [0.25, 0.3) is 0 Å². The normalized spacial score (nSPS) is 11.7. The molecule has 2 rings (SSSR count). The van der Waals surface area contributed by atoms with Crippen LogP contribution in [0.3, 0.4) is 0 Å². The number of hydrogen-bond donors (Lipinski definition) is 0. The molecule has 0 bridgehead atoms. The average Bonchev–Trinajstić information content (AvgIpc) is 2.57. The van der Waals surface area contributed by atoms with Gasteiger partial charge in [-0.15, -0.1) is 0 Å². The number of rotatable bonds is 6. The van der Waals surface area contributed by atoms with Gasteiger partial charge >= 0.3 is 5.97 Å². The van der Waals surface area contributed by atoms with Gasteiger partial charge in [0.05, 0.1) is 15.1 Å². The molecule has 4 nitrogen and oxygen atoms in total. The molecule has 0 aliphatic rings. The van der Waals surface area contributed by atoms with Crippen molar-refractivity contribution in [3.63, 3.8) is 0 Å². The Morgan fingerprint density at radius 2 is 1.64 bits per heavy atom. The van der Waals surface area contributed by atoms with E-state index in [1.165, 1.54) is 19.1 Å². The lowest BCUT2D eigenvalue weighted by Gasteiger charge is -2.13. The van der Waals surface area contributed by atoms with Crippen LogP contribution in [0, 0.1) is 0 Å². The lowest BCUT2D eigenvalue weighted by atomic mass is 10.1. The van der Waals surface area contributed by atoms with Gasteiger partial charge in [0.2, 0.25) is 5.78 Å². The molecular formula is C17H12BrCl3O4. The van der Waals surface area contributed by atoms with Crippen LogP contribution in [0.1, 0.15) is 17.3 Å². The van der Waals surface area contributed by atoms with Crippen molar-refractivity contribution in [2.75, 3.05) is 6.61 Å². The molecule has 1 unspecified atom stereocenters. The van der Waals surface area contributed by atoms with E-state index in [1.807, 2.05) is 0 Å². The molecule has 132 valence electrons. The van der Waals surface area contributed by atoms with Gasteiger partial charge < -0.3 is 9.47 Å². The highest BCUT2D eigenvalue weighted by Gasteiger charge is 2.20. The van der Waals surface area contributed by atoms with Crippen LogP contribution in [0.25, 0.3) is 0 Å². The second-order valence-corrected chi connectivity index (χ2v) is 7.13. The highest BCUT2D eigenvalue weighted by atomic mass is 79.9. The van der Waals surface area contributed by atoms with Crippen LogP contribution in [0.2, 0.25) is 15.1 Å². The van der Waals surface area contributed by atoms with Gasteiger partial charge in [-0.1, -0.05) is 62.9 Å². The van der Waals surface area contributed by atoms with Gasteiger partial charge in [-0.3, -0.25) is 4.79 Å². The van der Waals surface area contributed by atoms with Crippen molar-refractivity contribution in [2.45, 2.75) is 13.0 Å². The number of carbonyl (C=O) groups excluding carboxylic acids is 2. The number of hydrogen-bond acceptors (Lipinski definition) is 4. The number of benzene rings is 2. The predicted octanol–water partition coefficient (Wildman–Crippen LogP) is 5.60. The van der Waals surface area contributed by atoms with Gasteiger partial charge in [0.15, 0.2) is 12.7 Å². The summed E-state index contributed by atoms with van der Waals surface area (Å²) in [6.07, 6.45) is -0.943. The van der Waals surface area contributed by atoms with E-state index in [1.54, 1.807) is 24.3 Å². The summed E-state index contributed by atoms with van der Waals surface area (Å²) in [4.78, 5) is 24.1.